The van der Waals surface area contributed by atoms with Crippen molar-refractivity contribution in [3.63, 3.8) is 0 Å². The number of carbonyl (C=O) groups is 1. The molecule has 0 saturated carbocycles. The topological polar surface area (TPSA) is 66.0 Å². The summed E-state index contributed by atoms with van der Waals surface area (Å²) in [4.78, 5) is 12.1. The fourth-order valence-corrected chi connectivity index (χ4v) is 2.69. The Hall–Kier alpha value is -3.29. The molecule has 0 saturated heterocycles. The Bertz CT molecular complexity index is 871. The Morgan fingerprint density at radius 2 is 1.73 bits per heavy atom. The summed E-state index contributed by atoms with van der Waals surface area (Å²) in [7, 11) is 2.94. The van der Waals surface area contributed by atoms with Gasteiger partial charge >= 0.3 is 6.61 Å². The van der Waals surface area contributed by atoms with Crippen LogP contribution in [0.4, 0.5) is 8.78 Å². The molecule has 0 aromatic heterocycles. The highest BCUT2D eigenvalue weighted by Crippen LogP contribution is 2.30. The molecule has 0 bridgehead atoms. The van der Waals surface area contributed by atoms with Crippen molar-refractivity contribution in [2.75, 3.05) is 27.4 Å². The monoisotopic (exact) mass is 421 g/mol. The van der Waals surface area contributed by atoms with Gasteiger partial charge in [-0.2, -0.15) is 8.78 Å². The van der Waals surface area contributed by atoms with E-state index in [2.05, 4.69) is 10.1 Å². The van der Waals surface area contributed by atoms with Gasteiger partial charge in [0.1, 0.15) is 0 Å². The predicted octanol–water partition coefficient (Wildman–Crippen LogP) is 4.08. The molecule has 0 spiro atoms. The van der Waals surface area contributed by atoms with Crippen LogP contribution in [-0.4, -0.2) is 39.9 Å². The minimum atomic E-state index is -2.94. The third kappa shape index (κ3) is 6.95. The third-order valence-corrected chi connectivity index (χ3v) is 4.07. The van der Waals surface area contributed by atoms with Gasteiger partial charge in [-0.3, -0.25) is 4.79 Å². The van der Waals surface area contributed by atoms with E-state index in [4.69, 9.17) is 14.2 Å². The van der Waals surface area contributed by atoms with E-state index in [0.29, 0.717) is 31.1 Å². The van der Waals surface area contributed by atoms with Crippen molar-refractivity contribution >= 4 is 12.0 Å². The molecule has 1 amide bonds. The molecule has 0 aliphatic rings. The smallest absolute Gasteiger partial charge is 0.387 e. The number of rotatable bonds is 11. The van der Waals surface area contributed by atoms with Gasteiger partial charge in [0.2, 0.25) is 5.91 Å². The minimum Gasteiger partial charge on any atom is -0.493 e. The number of nitrogens with one attached hydrogen (secondary N) is 1. The van der Waals surface area contributed by atoms with Gasteiger partial charge < -0.3 is 24.3 Å². The number of benzene rings is 2. The largest absolute Gasteiger partial charge is 0.493 e. The number of alkyl halides is 2. The highest BCUT2D eigenvalue weighted by atomic mass is 19.3. The summed E-state index contributed by atoms with van der Waals surface area (Å²) in [6, 6.07) is 10.1. The maximum absolute atomic E-state index is 12.5. The van der Waals surface area contributed by atoms with Crippen LogP contribution in [0.3, 0.4) is 0 Å². The number of methoxy groups -OCH3 is 2. The summed E-state index contributed by atoms with van der Waals surface area (Å²) in [5, 5.41) is 2.75. The van der Waals surface area contributed by atoms with Crippen molar-refractivity contribution in [1.29, 1.82) is 0 Å². The Labute approximate surface area is 174 Å². The van der Waals surface area contributed by atoms with Crippen LogP contribution in [0.25, 0.3) is 6.08 Å². The van der Waals surface area contributed by atoms with Crippen LogP contribution in [0.1, 0.15) is 18.1 Å². The van der Waals surface area contributed by atoms with Gasteiger partial charge in [-0.1, -0.05) is 12.1 Å². The molecule has 6 nitrogen and oxygen atoms in total. The molecule has 2 aromatic carbocycles. The second-order valence-electron chi connectivity index (χ2n) is 6.08. The summed E-state index contributed by atoms with van der Waals surface area (Å²) in [5.41, 5.74) is 1.52. The maximum atomic E-state index is 12.5. The van der Waals surface area contributed by atoms with Gasteiger partial charge in [-0.05, 0) is 54.8 Å². The zero-order valence-electron chi connectivity index (χ0n) is 17.1. The molecule has 0 fully saturated rings. The van der Waals surface area contributed by atoms with Crippen molar-refractivity contribution < 1.29 is 32.5 Å². The van der Waals surface area contributed by atoms with Crippen molar-refractivity contribution in [3.05, 3.63) is 53.6 Å². The highest BCUT2D eigenvalue weighted by molar-refractivity contribution is 5.91. The van der Waals surface area contributed by atoms with Gasteiger partial charge in [-0.25, -0.2) is 0 Å². The number of halogens is 2. The summed E-state index contributed by atoms with van der Waals surface area (Å²) >= 11 is 0. The zero-order valence-corrected chi connectivity index (χ0v) is 17.1. The van der Waals surface area contributed by atoms with Gasteiger partial charge in [0.15, 0.2) is 23.0 Å². The van der Waals surface area contributed by atoms with Crippen LogP contribution in [0.2, 0.25) is 0 Å². The molecule has 30 heavy (non-hydrogen) atoms. The molecule has 2 aromatic rings. The fraction of sp³-hybridized carbons (Fsp3) is 0.318. The average molecular weight is 421 g/mol. The summed E-state index contributed by atoms with van der Waals surface area (Å²) in [6.07, 6.45) is 3.52. The molecule has 1 N–H and O–H groups in total. The first-order valence-electron chi connectivity index (χ1n) is 9.35. The quantitative estimate of drug-likeness (QED) is 0.554. The second kappa shape index (κ2) is 11.6. The number of hydrogen-bond donors (Lipinski definition) is 1. The lowest BCUT2D eigenvalue weighted by molar-refractivity contribution is -0.116. The third-order valence-electron chi connectivity index (χ3n) is 4.07. The summed E-state index contributed by atoms with van der Waals surface area (Å²) in [5.74, 6) is 1.12. The number of ether oxygens (including phenoxy) is 4. The van der Waals surface area contributed by atoms with Crippen molar-refractivity contribution in [2.45, 2.75) is 20.0 Å². The van der Waals surface area contributed by atoms with Crippen LogP contribution < -0.4 is 24.3 Å². The SMILES string of the molecule is CCOc1cc(/C=C/C(=O)NCCc2ccc(OC)c(OC(F)F)c2)ccc1OC. The Morgan fingerprint density at radius 3 is 2.40 bits per heavy atom. The normalized spacial score (nSPS) is 10.9. The second-order valence-corrected chi connectivity index (χ2v) is 6.08. The molecular formula is C22H25F2NO5. The van der Waals surface area contributed by atoms with Crippen molar-refractivity contribution in [2.24, 2.45) is 0 Å². The molecule has 2 rings (SSSR count). The lowest BCUT2D eigenvalue weighted by Gasteiger charge is -2.11. The molecule has 0 aliphatic heterocycles. The molecule has 0 heterocycles. The van der Waals surface area contributed by atoms with Gasteiger partial charge in [0, 0.05) is 12.6 Å². The van der Waals surface area contributed by atoms with E-state index in [-0.39, 0.29) is 17.4 Å². The summed E-state index contributed by atoms with van der Waals surface area (Å²) in [6.45, 7) is -0.239. The molecule has 162 valence electrons. The first-order chi connectivity index (χ1) is 14.5. The van der Waals surface area contributed by atoms with Crippen LogP contribution in [-0.2, 0) is 11.2 Å². The zero-order chi connectivity index (χ0) is 21.9. The van der Waals surface area contributed by atoms with E-state index >= 15 is 0 Å². The van der Waals surface area contributed by atoms with E-state index in [1.807, 2.05) is 13.0 Å². The van der Waals surface area contributed by atoms with Gasteiger partial charge in [0.05, 0.1) is 20.8 Å². The molecule has 0 unspecified atom stereocenters. The number of carbonyl (C=O) groups excluding carboxylic acids is 1. The highest BCUT2D eigenvalue weighted by Gasteiger charge is 2.11. The predicted molar refractivity (Wildman–Crippen MR) is 110 cm³/mol. The lowest BCUT2D eigenvalue weighted by Crippen LogP contribution is -2.23. The average Bonchev–Trinajstić information content (AvgIpc) is 2.72. The first-order valence-corrected chi connectivity index (χ1v) is 9.35. The molecule has 0 atom stereocenters. The number of amides is 1. The summed E-state index contributed by atoms with van der Waals surface area (Å²) < 4.78 is 45.2. The Balaban J connectivity index is 1.91. The van der Waals surface area contributed by atoms with E-state index in [0.717, 1.165) is 11.1 Å². The van der Waals surface area contributed by atoms with Crippen molar-refractivity contribution in [3.8, 4) is 23.0 Å². The molecule has 0 aliphatic carbocycles. The minimum absolute atomic E-state index is 0.0409. The van der Waals surface area contributed by atoms with E-state index in [9.17, 15) is 13.6 Å². The maximum Gasteiger partial charge on any atom is 0.387 e. The van der Waals surface area contributed by atoms with Crippen LogP contribution in [0.5, 0.6) is 23.0 Å². The van der Waals surface area contributed by atoms with E-state index < -0.39 is 6.61 Å². The Morgan fingerprint density at radius 1 is 1.03 bits per heavy atom. The van der Waals surface area contributed by atoms with Crippen LogP contribution in [0.15, 0.2) is 42.5 Å². The van der Waals surface area contributed by atoms with Crippen molar-refractivity contribution in [1.82, 2.24) is 5.32 Å². The lowest BCUT2D eigenvalue weighted by atomic mass is 10.1. The number of hydrogen-bond acceptors (Lipinski definition) is 5. The molecular weight excluding hydrogens is 396 g/mol. The van der Waals surface area contributed by atoms with E-state index in [1.54, 1.807) is 37.5 Å². The van der Waals surface area contributed by atoms with E-state index in [1.165, 1.54) is 19.3 Å². The Kier molecular flexibility index (Phi) is 8.93. The fourth-order valence-electron chi connectivity index (χ4n) is 2.69. The van der Waals surface area contributed by atoms with Crippen LogP contribution in [0, 0.1) is 0 Å². The van der Waals surface area contributed by atoms with Gasteiger partial charge in [0.25, 0.3) is 0 Å². The van der Waals surface area contributed by atoms with Crippen LogP contribution >= 0.6 is 0 Å². The molecule has 8 heteroatoms. The molecule has 0 radical (unpaired) electrons. The standard InChI is InChI=1S/C22H25F2NO5/c1-4-29-19-13-15(5-8-17(19)27-2)7-10-21(26)25-12-11-16-6-9-18(28-3)20(14-16)30-22(23)24/h5-10,13-14,22H,4,11-12H2,1-3H3,(H,25,26)/b10-7+. The van der Waals surface area contributed by atoms with Gasteiger partial charge in [-0.15, -0.1) is 0 Å². The first kappa shape index (κ1) is 23.0.